The molecule has 0 spiro atoms. The molecule has 1 aliphatic rings. The average molecular weight is 1710 g/mol. The largest absolute Gasteiger partial charge is 0.311 e. The van der Waals surface area contributed by atoms with Crippen LogP contribution in [0.15, 0.2) is 497 Å². The van der Waals surface area contributed by atoms with Gasteiger partial charge in [-0.2, -0.15) is 0 Å². The van der Waals surface area contributed by atoms with E-state index in [0.29, 0.717) is 0 Å². The Bertz CT molecular complexity index is 7900. The van der Waals surface area contributed by atoms with E-state index in [1.165, 1.54) is 180 Å². The van der Waals surface area contributed by atoms with Gasteiger partial charge >= 0.3 is 0 Å². The normalized spacial score (nSPS) is 12.0. The van der Waals surface area contributed by atoms with Crippen LogP contribution in [0.3, 0.4) is 0 Å². The van der Waals surface area contributed by atoms with Gasteiger partial charge in [0.05, 0.1) is 22.1 Å². The highest BCUT2D eigenvalue weighted by Gasteiger charge is 2.37. The minimum Gasteiger partial charge on any atom is -0.311 e. The number of hydrogen-bond acceptors (Lipinski definition) is 4. The Morgan fingerprint density at radius 3 is 0.779 bits per heavy atom. The summed E-state index contributed by atoms with van der Waals surface area (Å²) in [7, 11) is 0. The molecule has 0 radical (unpaired) electrons. The summed E-state index contributed by atoms with van der Waals surface area (Å²) in [4.78, 5) is 9.88. The van der Waals surface area contributed by atoms with Gasteiger partial charge in [-0.25, -0.2) is 0 Å². The van der Waals surface area contributed by atoms with E-state index in [2.05, 4.69) is 530 Å². The van der Waals surface area contributed by atoms with Gasteiger partial charge in [0, 0.05) is 92.0 Å². The van der Waals surface area contributed by atoms with Crippen molar-refractivity contribution in [1.29, 1.82) is 0 Å². The van der Waals surface area contributed by atoms with Gasteiger partial charge in [-0.05, 0) is 269 Å². The highest BCUT2D eigenvalue weighted by Crippen LogP contribution is 2.53. The zero-order chi connectivity index (χ0) is 87.3. The Hall–Kier alpha value is -16.2. The molecule has 0 saturated heterocycles. The van der Waals surface area contributed by atoms with Crippen LogP contribution in [0.5, 0.6) is 0 Å². The number of nitrogens with zero attached hydrogens (tertiary/aromatic N) is 4. The molecule has 0 saturated carbocycles. The van der Waals surface area contributed by atoms with Crippen molar-refractivity contribution in [3.05, 3.63) is 509 Å². The quantitative estimate of drug-likeness (QED) is 0.0851. The van der Waals surface area contributed by atoms with Crippen molar-refractivity contribution in [3.8, 4) is 131 Å². The second-order valence-electron chi connectivity index (χ2n) is 34.3. The monoisotopic (exact) mass is 1710 g/mol. The lowest BCUT2D eigenvalue weighted by molar-refractivity contribution is 0.660. The average Bonchev–Trinajstić information content (AvgIpc) is 1.56. The molecule has 19 aromatic carbocycles. The molecule has 24 rings (SSSR count). The molecule has 0 fully saturated rings. The predicted molar refractivity (Wildman–Crippen MR) is 559 cm³/mol. The number of fused-ring (bicyclic) bond motifs is 9. The van der Waals surface area contributed by atoms with Gasteiger partial charge in [0.15, 0.2) is 0 Å². The summed E-state index contributed by atoms with van der Waals surface area (Å²) in [6.07, 6.45) is 0. The number of hydrogen-bond donors (Lipinski definition) is 0. The van der Waals surface area contributed by atoms with E-state index < -0.39 is 0 Å². The predicted octanol–water partition coefficient (Wildman–Crippen LogP) is 35.6. The van der Waals surface area contributed by atoms with Crippen LogP contribution in [0.2, 0.25) is 0 Å². The molecule has 4 nitrogen and oxygen atoms in total. The molecule has 4 heterocycles. The van der Waals surface area contributed by atoms with Gasteiger partial charge in [-0.1, -0.05) is 354 Å². The number of thiophene rings is 2. The highest BCUT2D eigenvalue weighted by atomic mass is 32.1. The van der Waals surface area contributed by atoms with Gasteiger partial charge in [-0.15, -0.1) is 22.7 Å². The summed E-state index contributed by atoms with van der Waals surface area (Å²) in [6.45, 7) is 4.78. The van der Waals surface area contributed by atoms with Crippen LogP contribution in [0.25, 0.3) is 175 Å². The lowest BCUT2D eigenvalue weighted by Gasteiger charge is -2.28. The topological polar surface area (TPSA) is 16.3 Å². The molecular formula is C125H88N4S2. The molecule has 0 unspecified atom stereocenters. The third kappa shape index (κ3) is 15.2. The first-order valence-electron chi connectivity index (χ1n) is 44.9. The van der Waals surface area contributed by atoms with E-state index >= 15 is 0 Å². The van der Waals surface area contributed by atoms with Crippen LogP contribution in [0.1, 0.15) is 25.0 Å². The van der Waals surface area contributed by atoms with Crippen molar-refractivity contribution in [2.75, 3.05) is 9.80 Å². The van der Waals surface area contributed by atoms with Crippen molar-refractivity contribution in [3.63, 3.8) is 0 Å². The lowest BCUT2D eigenvalue weighted by Crippen LogP contribution is -2.17. The summed E-state index contributed by atoms with van der Waals surface area (Å²) < 4.78 is 4.86. The molecule has 0 bridgehead atoms. The van der Waals surface area contributed by atoms with Gasteiger partial charge < -0.3 is 18.9 Å². The van der Waals surface area contributed by atoms with E-state index in [-0.39, 0.29) is 5.41 Å². The van der Waals surface area contributed by atoms with Crippen LogP contribution in [-0.2, 0) is 5.41 Å². The number of benzene rings is 19. The number of anilines is 6. The SMILES string of the molecule is CC1(C)c2cc(N(c3ccc(-c4ccccc4)cc3)c3ccc(-c4ccccc4)cc3)ccc2-c2ccc(-n3c4ccccc4c4cc(-c5ccc(-c6ccc(-c7ccccc7)s6)cc5)ccc43)cc21.c1ccc(-c2ccc(N(c3ccc(-c4ccccc4)cc3)c3ccc(-n4c5ccccc5c5cc(-c6ccc(-c7ccc(-c8ccccc8)s7)cc6)ccc54)cc3)cc2)cc1. The van der Waals surface area contributed by atoms with Crippen molar-refractivity contribution >= 4 is 100 Å². The fraction of sp³-hybridized carbons (Fsp3) is 0.0240. The number of aromatic nitrogens is 2. The number of para-hydroxylation sites is 2. The second-order valence-corrected chi connectivity index (χ2v) is 36.5. The molecule has 131 heavy (non-hydrogen) atoms. The molecule has 23 aromatic rings. The van der Waals surface area contributed by atoms with Gasteiger partial charge in [0.25, 0.3) is 0 Å². The van der Waals surface area contributed by atoms with Crippen molar-refractivity contribution in [1.82, 2.24) is 9.13 Å². The van der Waals surface area contributed by atoms with E-state index in [1.54, 1.807) is 0 Å². The summed E-state index contributed by atoms with van der Waals surface area (Å²) in [5.41, 5.74) is 38.2. The van der Waals surface area contributed by atoms with Crippen LogP contribution in [-0.4, -0.2) is 9.13 Å². The first kappa shape index (κ1) is 79.4. The fourth-order valence-corrected chi connectivity index (χ4v) is 21.4. The molecule has 620 valence electrons. The first-order chi connectivity index (χ1) is 64.7. The number of rotatable bonds is 18. The molecule has 0 amide bonds. The third-order valence-electron chi connectivity index (χ3n) is 26.1. The lowest BCUT2D eigenvalue weighted by atomic mass is 9.82. The molecule has 0 aliphatic heterocycles. The molecule has 1 aliphatic carbocycles. The van der Waals surface area contributed by atoms with E-state index in [0.717, 1.165) is 39.8 Å². The zero-order valence-electron chi connectivity index (χ0n) is 72.4. The third-order valence-corrected chi connectivity index (χ3v) is 28.5. The molecule has 6 heteroatoms. The Kier molecular flexibility index (Phi) is 20.7. The maximum absolute atomic E-state index is 2.46. The summed E-state index contributed by atoms with van der Waals surface area (Å²) in [6, 6.07) is 181. The van der Waals surface area contributed by atoms with Crippen molar-refractivity contribution in [2.45, 2.75) is 19.3 Å². The fourth-order valence-electron chi connectivity index (χ4n) is 19.4. The maximum atomic E-state index is 2.46. The van der Waals surface area contributed by atoms with Gasteiger partial charge in [0.2, 0.25) is 0 Å². The summed E-state index contributed by atoms with van der Waals surface area (Å²) >= 11 is 3.68. The Labute approximate surface area is 772 Å². The van der Waals surface area contributed by atoms with E-state index in [1.807, 2.05) is 22.7 Å². The zero-order valence-corrected chi connectivity index (χ0v) is 74.1. The van der Waals surface area contributed by atoms with E-state index in [4.69, 9.17) is 0 Å². The molecule has 4 aromatic heterocycles. The minimum atomic E-state index is -0.249. The summed E-state index contributed by atoms with van der Waals surface area (Å²) in [5, 5.41) is 4.99. The standard InChI is InChI=1S/C67H48N2S.C58H40N2S/c1-67(2)61-43-55(68(53-31-26-47(27-32-53)45-14-6-3-7-15-45)54-33-28-48(29-34-54)46-16-8-4-9-17-46)35-37-57(61)58-38-36-56(44-62(58)67)69-63-21-13-12-20-59(63)60-42-52(30-39-64(60)69)49-22-24-51(25-23-49)66-41-40-65(70-66)50-18-10-5-11-19-50;1-4-12-41(13-5-1)43-24-29-49(30-25-43)59(50-31-26-44(27-32-50)42-14-6-2-7-15-42)51-33-35-52(36-34-51)60-55-19-11-10-18-53(55)54-40-48(28-37-56(54)60)45-20-22-47(23-21-45)58-39-38-57(61-58)46-16-8-3-9-17-46/h3-44H,1-2H3;1-40H. The van der Waals surface area contributed by atoms with Crippen LogP contribution >= 0.6 is 22.7 Å². The van der Waals surface area contributed by atoms with Gasteiger partial charge in [-0.3, -0.25) is 0 Å². The molecular weight excluding hydrogens is 1620 g/mol. The Morgan fingerprint density at radius 2 is 0.412 bits per heavy atom. The minimum absolute atomic E-state index is 0.249. The molecule has 0 N–H and O–H groups in total. The van der Waals surface area contributed by atoms with Crippen molar-refractivity contribution < 1.29 is 0 Å². The van der Waals surface area contributed by atoms with Crippen LogP contribution in [0.4, 0.5) is 34.1 Å². The summed E-state index contributed by atoms with van der Waals surface area (Å²) in [5.74, 6) is 0. The smallest absolute Gasteiger partial charge is 0.0541 e. The van der Waals surface area contributed by atoms with E-state index in [9.17, 15) is 0 Å². The highest BCUT2D eigenvalue weighted by molar-refractivity contribution is 7.19. The van der Waals surface area contributed by atoms with Crippen LogP contribution in [0, 0.1) is 0 Å². The van der Waals surface area contributed by atoms with Crippen LogP contribution < -0.4 is 9.80 Å². The second kappa shape index (κ2) is 34.2. The molecule has 0 atom stereocenters. The van der Waals surface area contributed by atoms with Gasteiger partial charge in [0.1, 0.15) is 0 Å². The maximum Gasteiger partial charge on any atom is 0.0541 e. The van der Waals surface area contributed by atoms with Crippen molar-refractivity contribution in [2.24, 2.45) is 0 Å². The Morgan fingerprint density at radius 1 is 0.176 bits per heavy atom. The first-order valence-corrected chi connectivity index (χ1v) is 46.5. The Balaban J connectivity index is 0.000000150.